The number of hydrogen-bond donors (Lipinski definition) is 1. The Morgan fingerprint density at radius 3 is 2.88 bits per heavy atom. The van der Waals surface area contributed by atoms with Gasteiger partial charge in [-0.3, -0.25) is 24.3 Å². The van der Waals surface area contributed by atoms with E-state index in [0.29, 0.717) is 38.3 Å². The van der Waals surface area contributed by atoms with Gasteiger partial charge < -0.3 is 5.32 Å². The Kier molecular flexibility index (Phi) is 5.35. The van der Waals surface area contributed by atoms with Crippen molar-refractivity contribution in [1.29, 1.82) is 0 Å². The largest absolute Gasteiger partial charge is 0.326 e. The van der Waals surface area contributed by atoms with E-state index in [4.69, 9.17) is 11.6 Å². The zero-order valence-electron chi connectivity index (χ0n) is 16.8. The third kappa shape index (κ3) is 3.96. The van der Waals surface area contributed by atoms with Crippen molar-refractivity contribution in [1.82, 2.24) is 19.3 Å². The highest BCUT2D eigenvalue weighted by molar-refractivity contribution is 7.99. The summed E-state index contributed by atoms with van der Waals surface area (Å²) < 4.78 is 3.08. The summed E-state index contributed by atoms with van der Waals surface area (Å²) in [5.41, 5.74) is 1.03. The summed E-state index contributed by atoms with van der Waals surface area (Å²) in [6.45, 7) is 0. The van der Waals surface area contributed by atoms with Crippen molar-refractivity contribution in [3.63, 3.8) is 0 Å². The molecule has 0 saturated carbocycles. The first-order chi connectivity index (χ1) is 15.9. The Labute approximate surface area is 195 Å². The van der Waals surface area contributed by atoms with Gasteiger partial charge in [-0.2, -0.15) is 5.10 Å². The van der Waals surface area contributed by atoms with Crippen LogP contribution in [0.2, 0.25) is 5.02 Å². The topological polar surface area (TPSA) is 125 Å². The number of thioether (sulfide) groups is 1. The van der Waals surface area contributed by atoms with Gasteiger partial charge in [0, 0.05) is 35.0 Å². The number of fused-ring (bicyclic) bond motifs is 2. The Hall–Kier alpha value is -3.70. The molecule has 1 atom stereocenters. The van der Waals surface area contributed by atoms with Gasteiger partial charge in [0.25, 0.3) is 11.2 Å². The average molecular weight is 483 g/mol. The van der Waals surface area contributed by atoms with E-state index in [1.54, 1.807) is 28.9 Å². The summed E-state index contributed by atoms with van der Waals surface area (Å²) in [5, 5.41) is 19.3. The Bertz CT molecular complexity index is 1480. The summed E-state index contributed by atoms with van der Waals surface area (Å²) in [6, 6.07) is 12.4. The van der Waals surface area contributed by atoms with Crippen LogP contribution >= 0.6 is 23.4 Å². The minimum absolute atomic E-state index is 0.0260. The van der Waals surface area contributed by atoms with Gasteiger partial charge in [-0.25, -0.2) is 9.67 Å². The Morgan fingerprint density at radius 2 is 2.09 bits per heavy atom. The van der Waals surface area contributed by atoms with E-state index >= 15 is 0 Å². The number of aromatic nitrogens is 4. The minimum Gasteiger partial charge on any atom is -0.326 e. The van der Waals surface area contributed by atoms with Crippen LogP contribution in [-0.2, 0) is 4.79 Å². The quantitative estimate of drug-likeness (QED) is 0.260. The maximum Gasteiger partial charge on any atom is 0.271 e. The molecule has 1 N–H and O–H groups in total. The van der Waals surface area contributed by atoms with Crippen LogP contribution < -0.4 is 10.9 Å². The van der Waals surface area contributed by atoms with Gasteiger partial charge >= 0.3 is 0 Å². The SMILES string of the molecule is O=C(CC1CSc2nc3c(cnn3-c3cccc(Cl)c3)c(=O)n21)Nc1cccc([N+](=O)[O-])c1. The number of nitrogens with zero attached hydrogens (tertiary/aromatic N) is 5. The maximum atomic E-state index is 13.2. The molecule has 1 amide bonds. The van der Waals surface area contributed by atoms with Gasteiger partial charge in [-0.15, -0.1) is 0 Å². The van der Waals surface area contributed by atoms with Crippen LogP contribution in [0.25, 0.3) is 16.7 Å². The van der Waals surface area contributed by atoms with Gasteiger partial charge in [0.05, 0.1) is 22.8 Å². The lowest BCUT2D eigenvalue weighted by Gasteiger charge is -2.13. The second-order valence-corrected chi connectivity index (χ2v) is 8.79. The molecule has 1 aliphatic heterocycles. The number of nitro benzene ring substituents is 1. The van der Waals surface area contributed by atoms with Crippen LogP contribution in [0.3, 0.4) is 0 Å². The van der Waals surface area contributed by atoms with Gasteiger partial charge in [-0.05, 0) is 24.3 Å². The number of rotatable bonds is 5. The fourth-order valence-corrected chi connectivity index (χ4v) is 5.02. The van der Waals surface area contributed by atoms with Gasteiger partial charge in [0.1, 0.15) is 5.39 Å². The molecule has 0 spiro atoms. The van der Waals surface area contributed by atoms with Crippen molar-refractivity contribution in [3.05, 3.63) is 80.2 Å². The highest BCUT2D eigenvalue weighted by atomic mass is 35.5. The number of benzene rings is 2. The van der Waals surface area contributed by atoms with Crippen LogP contribution in [0.15, 0.2) is 64.7 Å². The van der Waals surface area contributed by atoms with E-state index in [1.165, 1.54) is 40.7 Å². The summed E-state index contributed by atoms with van der Waals surface area (Å²) in [4.78, 5) is 40.9. The monoisotopic (exact) mass is 482 g/mol. The highest BCUT2D eigenvalue weighted by Crippen LogP contribution is 2.33. The Balaban J connectivity index is 1.42. The maximum absolute atomic E-state index is 13.2. The van der Waals surface area contributed by atoms with Crippen molar-refractivity contribution in [2.75, 3.05) is 11.1 Å². The highest BCUT2D eigenvalue weighted by Gasteiger charge is 2.29. The number of amides is 1. The second-order valence-electron chi connectivity index (χ2n) is 7.37. The number of anilines is 1. The van der Waals surface area contributed by atoms with Crippen molar-refractivity contribution in [2.45, 2.75) is 17.6 Å². The number of carbonyl (C=O) groups is 1. The first kappa shape index (κ1) is 21.2. The minimum atomic E-state index is -0.528. The van der Waals surface area contributed by atoms with Gasteiger partial charge in [0.15, 0.2) is 10.8 Å². The number of hydrogen-bond acceptors (Lipinski definition) is 7. The molecule has 10 nitrogen and oxygen atoms in total. The molecule has 0 aliphatic carbocycles. The van der Waals surface area contributed by atoms with E-state index in [1.807, 2.05) is 6.07 Å². The zero-order chi connectivity index (χ0) is 23.1. The first-order valence-electron chi connectivity index (χ1n) is 9.84. The molecule has 0 fully saturated rings. The predicted molar refractivity (Wildman–Crippen MR) is 124 cm³/mol. The number of carbonyl (C=O) groups excluding carboxylic acids is 1. The molecule has 2 aromatic carbocycles. The normalized spacial score (nSPS) is 14.9. The van der Waals surface area contributed by atoms with E-state index in [9.17, 15) is 19.7 Å². The molecule has 4 aromatic rings. The molecular formula is C21H15ClN6O4S. The Morgan fingerprint density at radius 1 is 1.27 bits per heavy atom. The van der Waals surface area contributed by atoms with E-state index in [2.05, 4.69) is 15.4 Å². The van der Waals surface area contributed by atoms with Crippen LogP contribution in [-0.4, -0.2) is 35.9 Å². The van der Waals surface area contributed by atoms with Gasteiger partial charge in [0.2, 0.25) is 5.91 Å². The fraction of sp³-hybridized carbons (Fsp3) is 0.143. The smallest absolute Gasteiger partial charge is 0.271 e. The van der Waals surface area contributed by atoms with Crippen molar-refractivity contribution in [3.8, 4) is 5.69 Å². The molecule has 5 rings (SSSR count). The van der Waals surface area contributed by atoms with E-state index in [0.717, 1.165) is 0 Å². The lowest BCUT2D eigenvalue weighted by molar-refractivity contribution is -0.384. The summed E-state index contributed by atoms with van der Waals surface area (Å²) in [7, 11) is 0. The summed E-state index contributed by atoms with van der Waals surface area (Å²) in [5.74, 6) is 0.150. The van der Waals surface area contributed by atoms with Crippen LogP contribution in [0.5, 0.6) is 0 Å². The third-order valence-corrected chi connectivity index (χ3v) is 6.52. The van der Waals surface area contributed by atoms with Crippen LogP contribution in [0.4, 0.5) is 11.4 Å². The lowest BCUT2D eigenvalue weighted by atomic mass is 10.2. The fourth-order valence-electron chi connectivity index (χ4n) is 3.70. The lowest BCUT2D eigenvalue weighted by Crippen LogP contribution is -2.27. The predicted octanol–water partition coefficient (Wildman–Crippen LogP) is 3.82. The summed E-state index contributed by atoms with van der Waals surface area (Å²) >= 11 is 7.47. The third-order valence-electron chi connectivity index (χ3n) is 5.19. The zero-order valence-corrected chi connectivity index (χ0v) is 18.4. The molecule has 1 aliphatic rings. The van der Waals surface area contributed by atoms with Crippen molar-refractivity contribution in [2.24, 2.45) is 0 Å². The summed E-state index contributed by atoms with van der Waals surface area (Å²) in [6.07, 6.45) is 1.49. The van der Waals surface area contributed by atoms with E-state index in [-0.39, 0.29) is 23.6 Å². The molecule has 1 unspecified atom stereocenters. The standard InChI is InChI=1S/C21H15ClN6O4S/c22-12-3-1-5-14(7-12)27-19-17(10-23-27)20(30)26-16(11-33-21(26)25-19)9-18(29)24-13-4-2-6-15(8-13)28(31)32/h1-8,10,16H,9,11H2,(H,24,29). The number of non-ortho nitro benzene ring substituents is 1. The van der Waals surface area contributed by atoms with Crippen LogP contribution in [0, 0.1) is 10.1 Å². The molecule has 3 heterocycles. The molecule has 0 radical (unpaired) electrons. The van der Waals surface area contributed by atoms with E-state index < -0.39 is 11.0 Å². The molecule has 0 bridgehead atoms. The number of halogens is 1. The molecule has 33 heavy (non-hydrogen) atoms. The molecular weight excluding hydrogens is 468 g/mol. The molecule has 166 valence electrons. The van der Waals surface area contributed by atoms with Crippen molar-refractivity contribution >= 4 is 51.7 Å². The molecule has 2 aromatic heterocycles. The van der Waals surface area contributed by atoms with Crippen molar-refractivity contribution < 1.29 is 9.72 Å². The number of nitrogens with one attached hydrogen (secondary N) is 1. The van der Waals surface area contributed by atoms with Crippen LogP contribution in [0.1, 0.15) is 12.5 Å². The number of nitro groups is 1. The first-order valence-corrected chi connectivity index (χ1v) is 11.2. The second kappa shape index (κ2) is 8.34. The van der Waals surface area contributed by atoms with Gasteiger partial charge in [-0.1, -0.05) is 35.5 Å². The average Bonchev–Trinajstić information content (AvgIpc) is 3.39. The molecule has 12 heteroatoms. The molecule has 0 saturated heterocycles.